The fourth-order valence-corrected chi connectivity index (χ4v) is 3.86. The van der Waals surface area contributed by atoms with Gasteiger partial charge in [0, 0.05) is 0 Å². The fraction of sp³-hybridized carbons (Fsp3) is 1.00. The van der Waals surface area contributed by atoms with Crippen LogP contribution in [0.1, 0.15) is 169 Å². The number of hydrogen-bond acceptors (Lipinski definition) is 0. The summed E-state index contributed by atoms with van der Waals surface area (Å²) in [6.45, 7) is 4.60. The third-order valence-electron chi connectivity index (χ3n) is 5.71. The van der Waals surface area contributed by atoms with Gasteiger partial charge in [0.25, 0.3) is 0 Å². The van der Waals surface area contributed by atoms with Gasteiger partial charge in [0.1, 0.15) is 0 Å². The SMILES string of the molecule is C.CCCCCCCCCCCCCCCCCCCCCCCCC.F. The molecule has 0 atom stereocenters. The largest absolute Gasteiger partial charge is 0.269 e. The van der Waals surface area contributed by atoms with Gasteiger partial charge in [-0.15, -0.1) is 0 Å². The lowest BCUT2D eigenvalue weighted by Crippen LogP contribution is -1.84. The highest BCUT2D eigenvalue weighted by atomic mass is 19.0. The normalized spacial score (nSPS) is 10.4. The highest BCUT2D eigenvalue weighted by molar-refractivity contribution is 4.51. The monoisotopic (exact) mass is 388 g/mol. The summed E-state index contributed by atoms with van der Waals surface area (Å²) in [5, 5.41) is 0. The van der Waals surface area contributed by atoms with Crippen LogP contribution in [0.2, 0.25) is 0 Å². The van der Waals surface area contributed by atoms with E-state index in [0.29, 0.717) is 0 Å². The highest BCUT2D eigenvalue weighted by Crippen LogP contribution is 2.15. The van der Waals surface area contributed by atoms with Crippen molar-refractivity contribution < 1.29 is 4.70 Å². The van der Waals surface area contributed by atoms with Gasteiger partial charge in [-0.2, -0.15) is 0 Å². The molecule has 0 radical (unpaired) electrons. The van der Waals surface area contributed by atoms with Crippen LogP contribution in [0.15, 0.2) is 0 Å². The average Bonchev–Trinajstić information content (AvgIpc) is 2.63. The summed E-state index contributed by atoms with van der Waals surface area (Å²) in [5.74, 6) is 0. The van der Waals surface area contributed by atoms with Crippen LogP contribution < -0.4 is 0 Å². The quantitative estimate of drug-likeness (QED) is 0.162. The number of hydrogen-bond donors (Lipinski definition) is 0. The van der Waals surface area contributed by atoms with E-state index in [2.05, 4.69) is 13.8 Å². The van der Waals surface area contributed by atoms with Crippen LogP contribution in [0.4, 0.5) is 4.70 Å². The van der Waals surface area contributed by atoms with Gasteiger partial charge in [0.05, 0.1) is 0 Å². The van der Waals surface area contributed by atoms with Crippen LogP contribution in [-0.2, 0) is 0 Å². The molecular formula is C26H57F. The minimum atomic E-state index is 0. The number of halogens is 1. The van der Waals surface area contributed by atoms with Crippen LogP contribution in [0.3, 0.4) is 0 Å². The maximum atomic E-state index is 2.30. The zero-order chi connectivity index (χ0) is 18.3. The summed E-state index contributed by atoms with van der Waals surface area (Å²) < 4.78 is 0. The Morgan fingerprint density at radius 2 is 0.370 bits per heavy atom. The second-order valence-electron chi connectivity index (χ2n) is 8.42. The summed E-state index contributed by atoms with van der Waals surface area (Å²) in [6, 6.07) is 0. The summed E-state index contributed by atoms with van der Waals surface area (Å²) in [7, 11) is 0. The lowest BCUT2D eigenvalue weighted by atomic mass is 10.0. The molecule has 27 heavy (non-hydrogen) atoms. The second kappa shape index (κ2) is 30.7. The van der Waals surface area contributed by atoms with Crippen molar-refractivity contribution in [2.24, 2.45) is 0 Å². The van der Waals surface area contributed by atoms with Crippen molar-refractivity contribution in [2.75, 3.05) is 0 Å². The second-order valence-corrected chi connectivity index (χ2v) is 8.42. The molecule has 1 heteroatoms. The van der Waals surface area contributed by atoms with Crippen molar-refractivity contribution >= 4 is 0 Å². The lowest BCUT2D eigenvalue weighted by molar-refractivity contribution is 0.519. The van der Waals surface area contributed by atoms with Gasteiger partial charge in [-0.3, -0.25) is 4.70 Å². The summed E-state index contributed by atoms with van der Waals surface area (Å²) in [5.41, 5.74) is 0. The van der Waals surface area contributed by atoms with Crippen LogP contribution >= 0.6 is 0 Å². The molecular weight excluding hydrogens is 331 g/mol. The highest BCUT2D eigenvalue weighted by Gasteiger charge is 1.95. The van der Waals surface area contributed by atoms with E-state index in [4.69, 9.17) is 0 Å². The lowest BCUT2D eigenvalue weighted by Gasteiger charge is -2.04. The van der Waals surface area contributed by atoms with E-state index in [0.717, 1.165) is 0 Å². The molecule has 0 bridgehead atoms. The van der Waals surface area contributed by atoms with Crippen molar-refractivity contribution in [1.29, 1.82) is 0 Å². The molecule has 0 spiro atoms. The molecule has 0 aromatic heterocycles. The standard InChI is InChI=1S/C25H52.CH4.FH/c1-3-5-7-9-11-13-15-17-19-21-23-25-24-22-20-18-16-14-12-10-8-6-4-2;;/h3-25H2,1-2H3;1H4;1H. The summed E-state index contributed by atoms with van der Waals surface area (Å²) >= 11 is 0. The first-order chi connectivity index (χ1) is 12.4. The van der Waals surface area contributed by atoms with Crippen LogP contribution in [0.25, 0.3) is 0 Å². The first-order valence-corrected chi connectivity index (χ1v) is 12.4. The van der Waals surface area contributed by atoms with Gasteiger partial charge in [-0.1, -0.05) is 169 Å². The maximum Gasteiger partial charge on any atom is -0.0533 e. The Morgan fingerprint density at radius 3 is 0.481 bits per heavy atom. The van der Waals surface area contributed by atoms with Gasteiger partial charge >= 0.3 is 0 Å². The van der Waals surface area contributed by atoms with Crippen molar-refractivity contribution in [3.63, 3.8) is 0 Å². The third-order valence-corrected chi connectivity index (χ3v) is 5.71. The smallest absolute Gasteiger partial charge is 0.0533 e. The molecule has 0 aliphatic heterocycles. The molecule has 0 saturated carbocycles. The zero-order valence-corrected chi connectivity index (χ0v) is 18.7. The predicted octanol–water partition coefficient (Wildman–Crippen LogP) is 10.8. The van der Waals surface area contributed by atoms with Crippen molar-refractivity contribution in [2.45, 2.75) is 169 Å². The minimum absolute atomic E-state index is 0. The van der Waals surface area contributed by atoms with E-state index < -0.39 is 0 Å². The van der Waals surface area contributed by atoms with Gasteiger partial charge in [-0.25, -0.2) is 0 Å². The maximum absolute atomic E-state index is 2.30. The molecule has 0 N–H and O–H groups in total. The first-order valence-electron chi connectivity index (χ1n) is 12.4. The van der Waals surface area contributed by atoms with Gasteiger partial charge in [0.2, 0.25) is 0 Å². The van der Waals surface area contributed by atoms with E-state index >= 15 is 0 Å². The molecule has 0 amide bonds. The van der Waals surface area contributed by atoms with Gasteiger partial charge < -0.3 is 0 Å². The topological polar surface area (TPSA) is 0 Å². The Labute approximate surface area is 174 Å². The van der Waals surface area contributed by atoms with E-state index in [-0.39, 0.29) is 12.1 Å². The van der Waals surface area contributed by atoms with E-state index in [9.17, 15) is 0 Å². The minimum Gasteiger partial charge on any atom is -0.269 e. The first kappa shape index (κ1) is 31.6. The predicted molar refractivity (Wildman–Crippen MR) is 127 cm³/mol. The summed E-state index contributed by atoms with van der Waals surface area (Å²) in [4.78, 5) is 0. The Balaban J connectivity index is -0.00000288. The molecule has 168 valence electrons. The van der Waals surface area contributed by atoms with Crippen molar-refractivity contribution in [3.05, 3.63) is 0 Å². The molecule has 0 unspecified atom stereocenters. The Bertz CT molecular complexity index is 192. The fourth-order valence-electron chi connectivity index (χ4n) is 3.86. The summed E-state index contributed by atoms with van der Waals surface area (Å²) in [6.07, 6.45) is 33.9. The van der Waals surface area contributed by atoms with E-state index in [1.54, 1.807) is 0 Å². The van der Waals surface area contributed by atoms with Crippen LogP contribution in [-0.4, -0.2) is 0 Å². The van der Waals surface area contributed by atoms with Crippen molar-refractivity contribution in [1.82, 2.24) is 0 Å². The molecule has 0 aromatic rings. The van der Waals surface area contributed by atoms with Crippen LogP contribution in [0.5, 0.6) is 0 Å². The van der Waals surface area contributed by atoms with E-state index in [1.807, 2.05) is 0 Å². The van der Waals surface area contributed by atoms with Gasteiger partial charge in [0.15, 0.2) is 0 Å². The van der Waals surface area contributed by atoms with Gasteiger partial charge in [-0.05, 0) is 0 Å². The average molecular weight is 389 g/mol. The Hall–Kier alpha value is -0.0700. The third kappa shape index (κ3) is 30.9. The van der Waals surface area contributed by atoms with Crippen molar-refractivity contribution in [3.8, 4) is 0 Å². The molecule has 0 heterocycles. The Kier molecular flexibility index (Phi) is 35.9. The Morgan fingerprint density at radius 1 is 0.259 bits per heavy atom. The molecule has 0 aliphatic carbocycles. The molecule has 0 aliphatic rings. The molecule has 0 nitrogen and oxygen atoms in total. The number of unbranched alkanes of at least 4 members (excludes halogenated alkanes) is 22. The molecule has 0 rings (SSSR count). The molecule has 0 aromatic carbocycles. The van der Waals surface area contributed by atoms with Crippen LogP contribution in [0, 0.1) is 0 Å². The zero-order valence-electron chi connectivity index (χ0n) is 18.7. The molecule has 0 fully saturated rings. The van der Waals surface area contributed by atoms with E-state index in [1.165, 1.54) is 148 Å². The molecule has 0 saturated heterocycles. The number of rotatable bonds is 22.